The van der Waals surface area contributed by atoms with Gasteiger partial charge < -0.3 is 10.3 Å². The quantitative estimate of drug-likeness (QED) is 0.743. The predicted molar refractivity (Wildman–Crippen MR) is 73.5 cm³/mol. The van der Waals surface area contributed by atoms with Crippen molar-refractivity contribution in [3.63, 3.8) is 0 Å². The van der Waals surface area contributed by atoms with Gasteiger partial charge in [0.25, 0.3) is 5.91 Å². The monoisotopic (exact) mass is 281 g/mol. The lowest BCUT2D eigenvalue weighted by Crippen LogP contribution is -2.32. The van der Waals surface area contributed by atoms with Crippen LogP contribution in [-0.4, -0.2) is 38.7 Å². The van der Waals surface area contributed by atoms with E-state index in [9.17, 15) is 13.2 Å². The molecule has 0 aliphatic carbocycles. The van der Waals surface area contributed by atoms with Gasteiger partial charge in [0.05, 0.1) is 5.75 Å². The Morgan fingerprint density at radius 1 is 1.32 bits per heavy atom. The Morgan fingerprint density at radius 3 is 2.84 bits per heavy atom. The molecule has 0 fully saturated rings. The van der Waals surface area contributed by atoms with E-state index >= 15 is 0 Å². The minimum absolute atomic E-state index is 0.0742. The number of carbonyl (C=O) groups is 1. The number of sulfonamides is 1. The molecule has 2 aromatic rings. The number of fused-ring (bicyclic) bond motifs is 1. The van der Waals surface area contributed by atoms with Crippen molar-refractivity contribution < 1.29 is 13.2 Å². The molecule has 6 nitrogen and oxygen atoms in total. The van der Waals surface area contributed by atoms with Gasteiger partial charge in [0.2, 0.25) is 10.0 Å². The van der Waals surface area contributed by atoms with Crippen molar-refractivity contribution >= 4 is 26.8 Å². The summed E-state index contributed by atoms with van der Waals surface area (Å²) < 4.78 is 24.6. The van der Waals surface area contributed by atoms with E-state index in [2.05, 4.69) is 15.0 Å². The first kappa shape index (κ1) is 13.6. The lowest BCUT2D eigenvalue weighted by atomic mass is 10.1. The molecule has 1 aromatic heterocycles. The van der Waals surface area contributed by atoms with Gasteiger partial charge in [0.1, 0.15) is 0 Å². The smallest absolute Gasteiger partial charge is 0.251 e. The minimum Gasteiger partial charge on any atom is -0.361 e. The number of amides is 1. The second-order valence-corrected chi connectivity index (χ2v) is 6.10. The number of H-pyrrole nitrogens is 1. The van der Waals surface area contributed by atoms with E-state index in [0.29, 0.717) is 5.56 Å². The van der Waals surface area contributed by atoms with Gasteiger partial charge in [0, 0.05) is 23.8 Å². The Hall–Kier alpha value is -1.86. The zero-order valence-corrected chi connectivity index (χ0v) is 11.3. The Labute approximate surface area is 111 Å². The summed E-state index contributed by atoms with van der Waals surface area (Å²) in [6.45, 7) is 0.0742. The highest BCUT2D eigenvalue weighted by Crippen LogP contribution is 2.13. The Bertz CT molecular complexity index is 691. The lowest BCUT2D eigenvalue weighted by Gasteiger charge is -2.05. The zero-order valence-electron chi connectivity index (χ0n) is 10.4. The van der Waals surface area contributed by atoms with E-state index < -0.39 is 10.0 Å². The predicted octanol–water partition coefficient (Wildman–Crippen LogP) is 0.447. The zero-order chi connectivity index (χ0) is 13.9. The normalized spacial score (nSPS) is 11.6. The SMILES string of the molecule is CNS(=O)(=O)CCNC(=O)c1ccc2cc[nH]c2c1. The van der Waals surface area contributed by atoms with E-state index in [4.69, 9.17) is 0 Å². The summed E-state index contributed by atoms with van der Waals surface area (Å²) in [4.78, 5) is 14.9. The minimum atomic E-state index is -3.29. The highest BCUT2D eigenvalue weighted by molar-refractivity contribution is 7.89. The molecular formula is C12H15N3O3S. The average molecular weight is 281 g/mol. The van der Waals surface area contributed by atoms with Crippen molar-refractivity contribution in [2.45, 2.75) is 0 Å². The van der Waals surface area contributed by atoms with E-state index in [1.54, 1.807) is 18.3 Å². The highest BCUT2D eigenvalue weighted by atomic mass is 32.2. The molecule has 1 heterocycles. The number of aromatic nitrogens is 1. The van der Waals surface area contributed by atoms with Crippen LogP contribution in [0, 0.1) is 0 Å². The van der Waals surface area contributed by atoms with E-state index in [1.165, 1.54) is 7.05 Å². The largest absolute Gasteiger partial charge is 0.361 e. The fourth-order valence-electron chi connectivity index (χ4n) is 1.69. The van der Waals surface area contributed by atoms with E-state index in [0.717, 1.165) is 10.9 Å². The van der Waals surface area contributed by atoms with Gasteiger partial charge in [-0.25, -0.2) is 13.1 Å². The number of hydrogen-bond donors (Lipinski definition) is 3. The van der Waals surface area contributed by atoms with Crippen LogP contribution in [0.4, 0.5) is 0 Å². The van der Waals surface area contributed by atoms with Crippen LogP contribution in [0.3, 0.4) is 0 Å². The fourth-order valence-corrected chi connectivity index (χ4v) is 2.27. The molecule has 0 spiro atoms. The maximum absolute atomic E-state index is 11.8. The summed E-state index contributed by atoms with van der Waals surface area (Å²) in [5.74, 6) is -0.428. The second-order valence-electron chi connectivity index (χ2n) is 4.06. The summed E-state index contributed by atoms with van der Waals surface area (Å²) in [6, 6.07) is 7.19. The van der Waals surface area contributed by atoms with Gasteiger partial charge in [-0.05, 0) is 30.6 Å². The molecular weight excluding hydrogens is 266 g/mol. The van der Waals surface area contributed by atoms with Crippen molar-refractivity contribution in [1.82, 2.24) is 15.0 Å². The van der Waals surface area contributed by atoms with Crippen LogP contribution >= 0.6 is 0 Å². The third kappa shape index (κ3) is 3.33. The first-order valence-corrected chi connectivity index (χ1v) is 7.43. The van der Waals surface area contributed by atoms with Crippen LogP contribution in [0.2, 0.25) is 0 Å². The maximum Gasteiger partial charge on any atom is 0.251 e. The van der Waals surface area contributed by atoms with E-state index in [1.807, 2.05) is 12.1 Å². The standard InChI is InChI=1S/C12H15N3O3S/c1-13-19(17,18)7-6-15-12(16)10-3-2-9-4-5-14-11(9)8-10/h2-5,8,13-14H,6-7H2,1H3,(H,15,16). The van der Waals surface area contributed by atoms with Crippen LogP contribution in [0.15, 0.2) is 30.5 Å². The lowest BCUT2D eigenvalue weighted by molar-refractivity contribution is 0.0956. The van der Waals surface area contributed by atoms with Crippen molar-refractivity contribution in [3.05, 3.63) is 36.0 Å². The number of carbonyl (C=O) groups excluding carboxylic acids is 1. The molecule has 1 amide bonds. The number of benzene rings is 1. The molecule has 2 rings (SSSR count). The van der Waals surface area contributed by atoms with Gasteiger partial charge >= 0.3 is 0 Å². The van der Waals surface area contributed by atoms with Crippen LogP contribution in [0.25, 0.3) is 10.9 Å². The number of rotatable bonds is 5. The molecule has 102 valence electrons. The Balaban J connectivity index is 2.00. The molecule has 0 aliphatic rings. The molecule has 0 saturated carbocycles. The topological polar surface area (TPSA) is 91.1 Å². The fraction of sp³-hybridized carbons (Fsp3) is 0.250. The third-order valence-corrected chi connectivity index (χ3v) is 4.15. The molecule has 0 unspecified atom stereocenters. The molecule has 0 aliphatic heterocycles. The van der Waals surface area contributed by atoms with Gasteiger partial charge in [-0.1, -0.05) is 6.07 Å². The van der Waals surface area contributed by atoms with Crippen LogP contribution in [-0.2, 0) is 10.0 Å². The summed E-state index contributed by atoms with van der Waals surface area (Å²) in [5, 5.41) is 3.60. The first-order chi connectivity index (χ1) is 9.02. The summed E-state index contributed by atoms with van der Waals surface area (Å²) in [5.41, 5.74) is 1.37. The summed E-state index contributed by atoms with van der Waals surface area (Å²) >= 11 is 0. The summed E-state index contributed by atoms with van der Waals surface area (Å²) in [6.07, 6.45) is 1.80. The van der Waals surface area contributed by atoms with Gasteiger partial charge in [-0.2, -0.15) is 0 Å². The first-order valence-electron chi connectivity index (χ1n) is 5.78. The van der Waals surface area contributed by atoms with E-state index in [-0.39, 0.29) is 18.2 Å². The van der Waals surface area contributed by atoms with Crippen molar-refractivity contribution in [2.75, 3.05) is 19.3 Å². The number of aromatic amines is 1. The second kappa shape index (κ2) is 5.41. The van der Waals surface area contributed by atoms with Crippen LogP contribution < -0.4 is 10.0 Å². The molecule has 7 heteroatoms. The average Bonchev–Trinajstić information content (AvgIpc) is 2.85. The van der Waals surface area contributed by atoms with Crippen molar-refractivity contribution in [2.24, 2.45) is 0 Å². The van der Waals surface area contributed by atoms with Crippen LogP contribution in [0.5, 0.6) is 0 Å². The highest BCUT2D eigenvalue weighted by Gasteiger charge is 2.10. The van der Waals surface area contributed by atoms with Gasteiger partial charge in [-0.3, -0.25) is 4.79 Å². The Morgan fingerprint density at radius 2 is 2.11 bits per heavy atom. The van der Waals surface area contributed by atoms with Gasteiger partial charge in [0.15, 0.2) is 0 Å². The Kier molecular flexibility index (Phi) is 3.87. The molecule has 1 aromatic carbocycles. The molecule has 0 saturated heterocycles. The summed E-state index contributed by atoms with van der Waals surface area (Å²) in [7, 11) is -1.95. The van der Waals surface area contributed by atoms with Gasteiger partial charge in [-0.15, -0.1) is 0 Å². The number of nitrogens with one attached hydrogen (secondary N) is 3. The molecule has 0 atom stereocenters. The van der Waals surface area contributed by atoms with Crippen molar-refractivity contribution in [1.29, 1.82) is 0 Å². The van der Waals surface area contributed by atoms with Crippen molar-refractivity contribution in [3.8, 4) is 0 Å². The molecule has 0 bridgehead atoms. The molecule has 0 radical (unpaired) electrons. The number of hydrogen-bond acceptors (Lipinski definition) is 3. The third-order valence-electron chi connectivity index (χ3n) is 2.78. The molecule has 3 N–H and O–H groups in total. The molecule has 19 heavy (non-hydrogen) atoms. The maximum atomic E-state index is 11.8. The van der Waals surface area contributed by atoms with Crippen LogP contribution in [0.1, 0.15) is 10.4 Å².